The van der Waals surface area contributed by atoms with E-state index < -0.39 is 202 Å². The summed E-state index contributed by atoms with van der Waals surface area (Å²) in [6, 6.07) is 7.50. The predicted molar refractivity (Wildman–Crippen MR) is 265 cm³/mol. The van der Waals surface area contributed by atoms with Gasteiger partial charge in [-0.2, -0.15) is 0 Å². The predicted octanol–water partition coefficient (Wildman–Crippen LogP) is -4.46. The van der Waals surface area contributed by atoms with Crippen LogP contribution in [0.2, 0.25) is 0 Å². The third-order valence-corrected chi connectivity index (χ3v) is 14.2. The normalized spacial score (nSPS) is 37.4. The van der Waals surface area contributed by atoms with Crippen molar-refractivity contribution >= 4 is 24.0 Å². The molecule has 5 heterocycles. The highest BCUT2D eigenvalue weighted by Crippen LogP contribution is 2.39. The molecule has 82 heavy (non-hydrogen) atoms. The summed E-state index contributed by atoms with van der Waals surface area (Å²) >= 11 is 0. The van der Waals surface area contributed by atoms with Gasteiger partial charge >= 0.3 is 17.9 Å². The van der Waals surface area contributed by atoms with Crippen LogP contribution < -0.4 is 0 Å². The maximum atomic E-state index is 13.9. The van der Waals surface area contributed by atoms with Gasteiger partial charge in [0, 0.05) is 17.6 Å². The molecule has 0 radical (unpaired) electrons. The van der Waals surface area contributed by atoms with E-state index in [1.165, 1.54) is 50.3 Å². The lowest BCUT2D eigenvalue weighted by atomic mass is 9.86. The molecule has 7 rings (SSSR count). The Morgan fingerprint density at radius 2 is 1.20 bits per heavy atom. The summed E-state index contributed by atoms with van der Waals surface area (Å²) < 4.78 is 68.7. The second-order valence-electron chi connectivity index (χ2n) is 19.6. The second kappa shape index (κ2) is 28.3. The molecule has 0 amide bonds. The van der Waals surface area contributed by atoms with Crippen molar-refractivity contribution in [3.05, 3.63) is 77.1 Å². The summed E-state index contributed by atoms with van der Waals surface area (Å²) in [4.78, 5) is 40.7. The number of aliphatic hydroxyl groups excluding tert-OH is 11. The molecule has 2 aromatic rings. The summed E-state index contributed by atoms with van der Waals surface area (Å²) in [6.45, 7) is 0.0713. The largest absolute Gasteiger partial charge is 0.504 e. The molecule has 4 fully saturated rings. The van der Waals surface area contributed by atoms with E-state index in [0.29, 0.717) is 5.56 Å². The molecule has 0 bridgehead atoms. The molecule has 30 nitrogen and oxygen atoms in total. The molecule has 0 spiro atoms. The van der Waals surface area contributed by atoms with Gasteiger partial charge < -0.3 is 133 Å². The molecule has 22 unspecified atom stereocenters. The highest BCUT2D eigenvalue weighted by atomic mass is 16.8. The maximum Gasteiger partial charge on any atom is 0.337 e. The molecule has 0 aliphatic carbocycles. The molecule has 5 aliphatic rings. The van der Waals surface area contributed by atoms with Gasteiger partial charge in [-0.05, 0) is 61.7 Å². The average Bonchev–Trinajstić information content (AvgIpc) is 3.25. The SMILES string of the molecule is CC=C1C(OC2OC(CO)C(O)C(O)C2O)OC=C(C(=O)OC)C1CC(=O)OC1C(C)OC(OC2C(O)C(OCCc3ccc(O)c(O)c3)OC(COC3OC(CO)C(O)C(O)C3O)C2OC(=O)C=Cc2ccc(O)c(O)c2)C(O)C1O. The van der Waals surface area contributed by atoms with Crippen molar-refractivity contribution in [3.8, 4) is 23.0 Å². The number of phenolic OH excluding ortho intramolecular Hbond substituents is 4. The van der Waals surface area contributed by atoms with Gasteiger partial charge in [-0.25, -0.2) is 9.59 Å². The number of phenols is 4. The number of methoxy groups -OCH3 is 1. The molecule has 15 N–H and O–H groups in total. The van der Waals surface area contributed by atoms with Crippen LogP contribution in [0.3, 0.4) is 0 Å². The van der Waals surface area contributed by atoms with Crippen molar-refractivity contribution in [2.45, 2.75) is 156 Å². The molecule has 0 aromatic heterocycles. The quantitative estimate of drug-likeness (QED) is 0.0195. The minimum absolute atomic E-state index is 0.0175. The fourth-order valence-corrected chi connectivity index (χ4v) is 9.59. The van der Waals surface area contributed by atoms with Crippen LogP contribution in [-0.4, -0.2) is 257 Å². The Kier molecular flexibility index (Phi) is 22.0. The van der Waals surface area contributed by atoms with E-state index in [4.69, 9.17) is 56.8 Å². The Labute approximate surface area is 466 Å². The van der Waals surface area contributed by atoms with Gasteiger partial charge in [0.2, 0.25) is 6.29 Å². The van der Waals surface area contributed by atoms with E-state index >= 15 is 0 Å². The highest BCUT2D eigenvalue weighted by molar-refractivity contribution is 5.91. The van der Waals surface area contributed by atoms with E-state index in [1.807, 2.05) is 0 Å². The lowest BCUT2D eigenvalue weighted by molar-refractivity contribution is -0.364. The van der Waals surface area contributed by atoms with Gasteiger partial charge in [0.15, 0.2) is 60.4 Å². The van der Waals surface area contributed by atoms with E-state index in [2.05, 4.69) is 0 Å². The molecule has 4 saturated heterocycles. The Bertz CT molecular complexity index is 2570. The number of hydrogen-bond acceptors (Lipinski definition) is 30. The van der Waals surface area contributed by atoms with Gasteiger partial charge in [-0.3, -0.25) is 4.79 Å². The van der Waals surface area contributed by atoms with Crippen LogP contribution in [0.15, 0.2) is 66.0 Å². The van der Waals surface area contributed by atoms with Gasteiger partial charge in [0.25, 0.3) is 0 Å². The molecule has 22 atom stereocenters. The molecular formula is C52H68O30. The van der Waals surface area contributed by atoms with E-state index in [1.54, 1.807) is 0 Å². The van der Waals surface area contributed by atoms with Crippen molar-refractivity contribution in [1.29, 1.82) is 0 Å². The Morgan fingerprint density at radius 3 is 1.82 bits per heavy atom. The summed E-state index contributed by atoms with van der Waals surface area (Å²) in [5.74, 6) is -6.39. The number of carbonyl (C=O) groups is 3. The zero-order chi connectivity index (χ0) is 59.9. The topological polar surface area (TPSA) is 465 Å². The first-order valence-electron chi connectivity index (χ1n) is 25.7. The Morgan fingerprint density at radius 1 is 0.610 bits per heavy atom. The number of aliphatic hydroxyl groups is 11. The lowest BCUT2D eigenvalue weighted by Crippen LogP contribution is -2.65. The van der Waals surface area contributed by atoms with Crippen LogP contribution in [-0.2, 0) is 77.6 Å². The molecule has 456 valence electrons. The van der Waals surface area contributed by atoms with Crippen molar-refractivity contribution < 1.29 is 148 Å². The standard InChI is InChI=1S/C52H68O30/c1-4-23-24(25(47(70)71-3)18-73-48(23)82-52-41(67)38(64)36(62)31(17-54)77-52)15-34(60)80-44-20(2)75-51(42(68)39(44)65)81-46-43(69)50(72-12-11-22-6-9-27(56)29(58)14-22)78-32(19-74-49-40(66)37(63)35(61)30(16-53)76-49)45(46)79-33(59)10-7-21-5-8-26(55)28(57)13-21/h4-10,13-14,18,20,24,30-32,35-46,48-58,61-69H,11-12,15-17,19H2,1-3H3. The number of aromatic hydroxyl groups is 4. The van der Waals surface area contributed by atoms with Crippen molar-refractivity contribution in [2.75, 3.05) is 33.5 Å². The third kappa shape index (κ3) is 14.6. The van der Waals surface area contributed by atoms with Crippen LogP contribution in [0.1, 0.15) is 31.4 Å². The van der Waals surface area contributed by atoms with Gasteiger partial charge in [-0.15, -0.1) is 0 Å². The molecule has 0 saturated carbocycles. The van der Waals surface area contributed by atoms with Crippen molar-refractivity contribution in [3.63, 3.8) is 0 Å². The third-order valence-electron chi connectivity index (χ3n) is 14.2. The summed E-state index contributed by atoms with van der Waals surface area (Å²) in [5.41, 5.74) is 0.449. The number of esters is 3. The average molecular weight is 1170 g/mol. The fourth-order valence-electron chi connectivity index (χ4n) is 9.59. The summed E-state index contributed by atoms with van der Waals surface area (Å²) in [7, 11) is 1.05. The Balaban J connectivity index is 1.12. The van der Waals surface area contributed by atoms with Gasteiger partial charge in [0.05, 0.1) is 57.9 Å². The summed E-state index contributed by atoms with van der Waals surface area (Å²) in [6.07, 6.45) is -33.9. The minimum atomic E-state index is -2.18. The molecule has 30 heteroatoms. The first-order valence-corrected chi connectivity index (χ1v) is 25.7. The molecule has 2 aromatic carbocycles. The zero-order valence-corrected chi connectivity index (χ0v) is 44.0. The number of allylic oxidation sites excluding steroid dienone is 1. The van der Waals surface area contributed by atoms with Crippen LogP contribution >= 0.6 is 0 Å². The maximum absolute atomic E-state index is 13.9. The van der Waals surface area contributed by atoms with E-state index in [-0.39, 0.29) is 29.7 Å². The monoisotopic (exact) mass is 1170 g/mol. The first kappa shape index (κ1) is 63.9. The second-order valence-corrected chi connectivity index (χ2v) is 19.6. The molecule has 5 aliphatic heterocycles. The van der Waals surface area contributed by atoms with Crippen LogP contribution in [0.4, 0.5) is 0 Å². The Hall–Kier alpha value is -5.69. The lowest BCUT2D eigenvalue weighted by Gasteiger charge is -2.47. The zero-order valence-electron chi connectivity index (χ0n) is 44.0. The number of hydrogen-bond donors (Lipinski definition) is 15. The fraction of sp³-hybridized carbons (Fsp3) is 0.596. The van der Waals surface area contributed by atoms with Crippen LogP contribution in [0.5, 0.6) is 23.0 Å². The molecular weight excluding hydrogens is 1100 g/mol. The van der Waals surface area contributed by atoms with Crippen molar-refractivity contribution in [1.82, 2.24) is 0 Å². The number of ether oxygens (including phenoxy) is 12. The minimum Gasteiger partial charge on any atom is -0.504 e. The van der Waals surface area contributed by atoms with E-state index in [0.717, 1.165) is 31.6 Å². The van der Waals surface area contributed by atoms with Crippen LogP contribution in [0.25, 0.3) is 6.08 Å². The van der Waals surface area contributed by atoms with Crippen molar-refractivity contribution in [2.24, 2.45) is 5.92 Å². The van der Waals surface area contributed by atoms with Crippen LogP contribution in [0, 0.1) is 5.92 Å². The number of carbonyl (C=O) groups excluding carboxylic acids is 3. The van der Waals surface area contributed by atoms with E-state index in [9.17, 15) is 91.0 Å². The number of rotatable bonds is 20. The first-order chi connectivity index (χ1) is 39.0. The van der Waals surface area contributed by atoms with Gasteiger partial charge in [-0.1, -0.05) is 18.2 Å². The summed E-state index contributed by atoms with van der Waals surface area (Å²) in [5, 5.41) is 158. The highest BCUT2D eigenvalue weighted by Gasteiger charge is 2.55. The number of benzene rings is 2. The smallest absolute Gasteiger partial charge is 0.337 e. The van der Waals surface area contributed by atoms with Gasteiger partial charge in [0.1, 0.15) is 79.4 Å².